The average Bonchev–Trinajstić information content (AvgIpc) is 2.89. The third kappa shape index (κ3) is 3.95. The van der Waals surface area contributed by atoms with Gasteiger partial charge >= 0.3 is 0 Å². The van der Waals surface area contributed by atoms with Crippen LogP contribution in [0.25, 0.3) is 0 Å². The van der Waals surface area contributed by atoms with Crippen molar-refractivity contribution in [2.75, 3.05) is 25.1 Å². The number of amides is 1. The van der Waals surface area contributed by atoms with Gasteiger partial charge < -0.3 is 4.90 Å². The summed E-state index contributed by atoms with van der Waals surface area (Å²) in [5.41, 5.74) is 0. The molecule has 1 heterocycles. The Labute approximate surface area is 118 Å². The highest BCUT2D eigenvalue weighted by molar-refractivity contribution is 7.99. The Balaban J connectivity index is 1.69. The molecule has 0 N–H and O–H groups in total. The Kier molecular flexibility index (Phi) is 5.45. The molecule has 0 spiro atoms. The molecule has 2 nitrogen and oxygen atoms in total. The summed E-state index contributed by atoms with van der Waals surface area (Å²) in [4.78, 5) is 15.3. The minimum Gasteiger partial charge on any atom is -0.342 e. The van der Waals surface area contributed by atoms with Gasteiger partial charge in [0.05, 0.1) is 0 Å². The Hall–Kier alpha value is -0.610. The summed E-state index contributed by atoms with van der Waals surface area (Å²) in [6.07, 6.45) is 3.93. The summed E-state index contributed by atoms with van der Waals surface area (Å²) >= 11 is 3.64. The van der Waals surface area contributed by atoms with Gasteiger partial charge in [-0.3, -0.25) is 4.79 Å². The predicted octanol–water partition coefficient (Wildman–Crippen LogP) is 3.13. The molecule has 1 unspecified atom stereocenters. The third-order valence-corrected chi connectivity index (χ3v) is 5.22. The SMILES string of the molecule is CSC1CCN(C(=O)CCSc2ccccc2)C1. The summed E-state index contributed by atoms with van der Waals surface area (Å²) in [6.45, 7) is 1.89. The summed E-state index contributed by atoms with van der Waals surface area (Å²) in [5, 5.41) is 0.649. The smallest absolute Gasteiger partial charge is 0.223 e. The number of rotatable bonds is 5. The van der Waals surface area contributed by atoms with Crippen LogP contribution in [0, 0.1) is 0 Å². The molecule has 1 atom stereocenters. The molecule has 2 rings (SSSR count). The lowest BCUT2D eigenvalue weighted by Crippen LogP contribution is -2.29. The van der Waals surface area contributed by atoms with E-state index in [0.29, 0.717) is 17.6 Å². The molecule has 0 aromatic heterocycles. The standard InChI is InChI=1S/C14H19NOS2/c1-17-13-7-9-15(11-13)14(16)8-10-18-12-5-3-2-4-6-12/h2-6,13H,7-11H2,1H3. The molecule has 1 aromatic rings. The van der Waals surface area contributed by atoms with Crippen molar-refractivity contribution in [3.63, 3.8) is 0 Å². The van der Waals surface area contributed by atoms with E-state index in [2.05, 4.69) is 18.4 Å². The highest BCUT2D eigenvalue weighted by Gasteiger charge is 2.24. The molecule has 1 amide bonds. The zero-order valence-electron chi connectivity index (χ0n) is 10.7. The van der Waals surface area contributed by atoms with Crippen LogP contribution in [-0.2, 0) is 4.79 Å². The topological polar surface area (TPSA) is 20.3 Å². The molecule has 0 bridgehead atoms. The van der Waals surface area contributed by atoms with Gasteiger partial charge in [0.25, 0.3) is 0 Å². The quantitative estimate of drug-likeness (QED) is 0.773. The van der Waals surface area contributed by atoms with Crippen molar-refractivity contribution < 1.29 is 4.79 Å². The van der Waals surface area contributed by atoms with Crippen molar-refractivity contribution >= 4 is 29.4 Å². The van der Waals surface area contributed by atoms with Crippen molar-refractivity contribution in [2.24, 2.45) is 0 Å². The van der Waals surface area contributed by atoms with Gasteiger partial charge in [-0.05, 0) is 24.8 Å². The summed E-state index contributed by atoms with van der Waals surface area (Å²) < 4.78 is 0. The van der Waals surface area contributed by atoms with Gasteiger partial charge in [0.1, 0.15) is 0 Å². The molecular weight excluding hydrogens is 262 g/mol. The van der Waals surface area contributed by atoms with E-state index >= 15 is 0 Å². The number of hydrogen-bond acceptors (Lipinski definition) is 3. The van der Waals surface area contributed by atoms with Gasteiger partial charge in [-0.2, -0.15) is 11.8 Å². The normalized spacial score (nSPS) is 19.2. The maximum absolute atomic E-state index is 12.0. The zero-order valence-corrected chi connectivity index (χ0v) is 12.3. The number of nitrogens with zero attached hydrogens (tertiary/aromatic N) is 1. The van der Waals surface area contributed by atoms with Crippen molar-refractivity contribution in [3.05, 3.63) is 30.3 Å². The van der Waals surface area contributed by atoms with Crippen LogP contribution in [0.4, 0.5) is 0 Å². The fourth-order valence-electron chi connectivity index (χ4n) is 2.08. The fourth-order valence-corrected chi connectivity index (χ4v) is 3.61. The number of hydrogen-bond donors (Lipinski definition) is 0. The highest BCUT2D eigenvalue weighted by Crippen LogP contribution is 2.22. The summed E-state index contributed by atoms with van der Waals surface area (Å²) in [7, 11) is 0. The first-order valence-corrected chi connectivity index (χ1v) is 8.55. The molecule has 1 saturated heterocycles. The first-order valence-electron chi connectivity index (χ1n) is 6.28. The van der Waals surface area contributed by atoms with Crippen LogP contribution in [0.5, 0.6) is 0 Å². The molecule has 0 radical (unpaired) electrons. The monoisotopic (exact) mass is 281 g/mol. The second kappa shape index (κ2) is 7.10. The number of benzene rings is 1. The average molecular weight is 281 g/mol. The largest absolute Gasteiger partial charge is 0.342 e. The number of carbonyl (C=O) groups excluding carboxylic acids is 1. The minimum atomic E-state index is 0.315. The van der Waals surface area contributed by atoms with E-state index in [9.17, 15) is 4.79 Å². The molecule has 1 aliphatic rings. The van der Waals surface area contributed by atoms with Crippen LogP contribution in [-0.4, -0.2) is 41.2 Å². The fraction of sp³-hybridized carbons (Fsp3) is 0.500. The van der Waals surface area contributed by atoms with E-state index in [-0.39, 0.29) is 0 Å². The number of carbonyl (C=O) groups is 1. The van der Waals surface area contributed by atoms with Crippen molar-refractivity contribution in [1.82, 2.24) is 4.90 Å². The molecule has 0 saturated carbocycles. The van der Waals surface area contributed by atoms with E-state index in [0.717, 1.165) is 25.3 Å². The van der Waals surface area contributed by atoms with Gasteiger partial charge in [0, 0.05) is 35.4 Å². The van der Waals surface area contributed by atoms with Crippen LogP contribution in [0.3, 0.4) is 0 Å². The maximum Gasteiger partial charge on any atom is 0.223 e. The van der Waals surface area contributed by atoms with Crippen molar-refractivity contribution in [2.45, 2.75) is 23.0 Å². The Morgan fingerprint density at radius 3 is 2.83 bits per heavy atom. The number of likely N-dealkylation sites (tertiary alicyclic amines) is 1. The zero-order chi connectivity index (χ0) is 12.8. The first kappa shape index (κ1) is 13.8. The van der Waals surface area contributed by atoms with E-state index < -0.39 is 0 Å². The minimum absolute atomic E-state index is 0.315. The second-order valence-electron chi connectivity index (χ2n) is 4.40. The lowest BCUT2D eigenvalue weighted by atomic mass is 10.4. The third-order valence-electron chi connectivity index (χ3n) is 3.16. The Bertz CT molecular complexity index is 383. The molecule has 1 aliphatic heterocycles. The van der Waals surface area contributed by atoms with E-state index in [1.807, 2.05) is 34.9 Å². The van der Waals surface area contributed by atoms with E-state index in [1.54, 1.807) is 11.8 Å². The number of thioether (sulfide) groups is 2. The second-order valence-corrected chi connectivity index (χ2v) is 6.70. The Morgan fingerprint density at radius 2 is 2.17 bits per heavy atom. The van der Waals surface area contributed by atoms with Crippen molar-refractivity contribution in [1.29, 1.82) is 0 Å². The van der Waals surface area contributed by atoms with Crippen LogP contribution in [0.2, 0.25) is 0 Å². The molecule has 1 aromatic carbocycles. The maximum atomic E-state index is 12.0. The highest BCUT2D eigenvalue weighted by atomic mass is 32.2. The van der Waals surface area contributed by atoms with Crippen molar-refractivity contribution in [3.8, 4) is 0 Å². The van der Waals surface area contributed by atoms with Crippen LogP contribution < -0.4 is 0 Å². The summed E-state index contributed by atoms with van der Waals surface area (Å²) in [6, 6.07) is 10.3. The van der Waals surface area contributed by atoms with Gasteiger partial charge in [0.15, 0.2) is 0 Å². The molecule has 98 valence electrons. The molecule has 18 heavy (non-hydrogen) atoms. The van der Waals surface area contributed by atoms with E-state index in [1.165, 1.54) is 4.90 Å². The van der Waals surface area contributed by atoms with Gasteiger partial charge in [-0.1, -0.05) is 18.2 Å². The van der Waals surface area contributed by atoms with Gasteiger partial charge in [-0.15, -0.1) is 11.8 Å². The van der Waals surface area contributed by atoms with Gasteiger partial charge in [0.2, 0.25) is 5.91 Å². The molecular formula is C14H19NOS2. The lowest BCUT2D eigenvalue weighted by molar-refractivity contribution is -0.129. The van der Waals surface area contributed by atoms with Crippen LogP contribution >= 0.6 is 23.5 Å². The molecule has 4 heteroatoms. The van der Waals surface area contributed by atoms with Gasteiger partial charge in [-0.25, -0.2) is 0 Å². The van der Waals surface area contributed by atoms with E-state index in [4.69, 9.17) is 0 Å². The van der Waals surface area contributed by atoms with Crippen LogP contribution in [0.1, 0.15) is 12.8 Å². The first-order chi connectivity index (χ1) is 8.79. The molecule has 0 aliphatic carbocycles. The predicted molar refractivity (Wildman–Crippen MR) is 80.3 cm³/mol. The summed E-state index contributed by atoms with van der Waals surface area (Å²) in [5.74, 6) is 1.19. The Morgan fingerprint density at radius 1 is 1.39 bits per heavy atom. The van der Waals surface area contributed by atoms with Crippen LogP contribution in [0.15, 0.2) is 35.2 Å². The lowest BCUT2D eigenvalue weighted by Gasteiger charge is -2.15. The molecule has 1 fully saturated rings.